The first-order valence-corrected chi connectivity index (χ1v) is 11.1. The molecule has 1 aromatic heterocycles. The molecule has 0 saturated heterocycles. The van der Waals surface area contributed by atoms with Gasteiger partial charge in [0, 0.05) is 12.3 Å². The van der Waals surface area contributed by atoms with E-state index >= 15 is 0 Å². The lowest BCUT2D eigenvalue weighted by Gasteiger charge is -2.18. The molecule has 1 N–H and O–H groups in total. The summed E-state index contributed by atoms with van der Waals surface area (Å²) in [6, 6.07) is 13.7. The highest BCUT2D eigenvalue weighted by Crippen LogP contribution is 2.33. The van der Waals surface area contributed by atoms with Crippen molar-refractivity contribution in [3.8, 4) is 17.0 Å². The number of carbonyl (C=O) groups is 1. The zero-order valence-electron chi connectivity index (χ0n) is 17.4. The molecule has 0 atom stereocenters. The van der Waals surface area contributed by atoms with Gasteiger partial charge in [0.1, 0.15) is 5.82 Å². The van der Waals surface area contributed by atoms with Gasteiger partial charge in [-0.2, -0.15) is 0 Å². The van der Waals surface area contributed by atoms with Gasteiger partial charge in [-0.3, -0.25) is 4.79 Å². The third-order valence-corrected chi connectivity index (χ3v) is 6.15. The number of methoxy groups -OCH3 is 1. The van der Waals surface area contributed by atoms with Gasteiger partial charge in [0.2, 0.25) is 11.8 Å². The molecule has 0 bridgehead atoms. The number of carbonyl (C=O) groups excluding carboxylic acids is 1. The van der Waals surface area contributed by atoms with Crippen LogP contribution in [0.1, 0.15) is 30.9 Å². The van der Waals surface area contributed by atoms with Crippen LogP contribution >= 0.6 is 0 Å². The van der Waals surface area contributed by atoms with Crippen LogP contribution in [-0.2, 0) is 21.2 Å². The zero-order valence-corrected chi connectivity index (χ0v) is 18.2. The highest BCUT2D eigenvalue weighted by Gasteiger charge is 2.22. The number of nitrogens with zero attached hydrogens (tertiary/aromatic N) is 1. The normalized spacial score (nSPS) is 11.4. The number of amides is 1. The van der Waals surface area contributed by atoms with Gasteiger partial charge in [0.05, 0.1) is 18.4 Å². The number of benzene rings is 2. The van der Waals surface area contributed by atoms with E-state index in [0.29, 0.717) is 28.1 Å². The van der Waals surface area contributed by atoms with Crippen molar-refractivity contribution in [2.75, 3.05) is 7.11 Å². The summed E-state index contributed by atoms with van der Waals surface area (Å²) >= 11 is 0. The van der Waals surface area contributed by atoms with Gasteiger partial charge >= 0.3 is 0 Å². The molecular formula is C23H23FN2O4S. The average molecular weight is 443 g/mol. The third-order valence-electron chi connectivity index (χ3n) is 4.77. The van der Waals surface area contributed by atoms with E-state index in [1.165, 1.54) is 37.6 Å². The van der Waals surface area contributed by atoms with E-state index in [0.717, 1.165) is 0 Å². The van der Waals surface area contributed by atoms with Crippen molar-refractivity contribution in [3.63, 3.8) is 0 Å². The molecule has 0 aliphatic heterocycles. The molecule has 0 aliphatic rings. The summed E-state index contributed by atoms with van der Waals surface area (Å²) in [5, 5.41) is 0. The van der Waals surface area contributed by atoms with Gasteiger partial charge in [-0.15, -0.1) is 0 Å². The van der Waals surface area contributed by atoms with Gasteiger partial charge in [0.25, 0.3) is 10.0 Å². The maximum absolute atomic E-state index is 14.4. The number of pyridine rings is 1. The van der Waals surface area contributed by atoms with Crippen LogP contribution in [-0.4, -0.2) is 26.4 Å². The van der Waals surface area contributed by atoms with Gasteiger partial charge in [0.15, 0.2) is 0 Å². The average Bonchev–Trinajstić information content (AvgIpc) is 2.74. The van der Waals surface area contributed by atoms with E-state index in [-0.39, 0.29) is 17.2 Å². The summed E-state index contributed by atoms with van der Waals surface area (Å²) in [6.45, 7) is 3.77. The molecule has 0 radical (unpaired) electrons. The standard InChI is InChI=1S/C23H23FN2O4S/c1-15(2)19-12-17(24)13-20(16-9-10-25-23(11-16)30-3)21(19)14-22(27)26-31(28,29)18-7-5-4-6-8-18/h4-13,15H,14H2,1-3H3,(H,26,27). The highest BCUT2D eigenvalue weighted by atomic mass is 32.2. The Morgan fingerprint density at radius 3 is 2.48 bits per heavy atom. The molecule has 2 aromatic carbocycles. The van der Waals surface area contributed by atoms with Gasteiger partial charge < -0.3 is 4.74 Å². The maximum atomic E-state index is 14.4. The van der Waals surface area contributed by atoms with E-state index in [4.69, 9.17) is 4.74 Å². The van der Waals surface area contributed by atoms with Crippen molar-refractivity contribution in [2.24, 2.45) is 0 Å². The SMILES string of the molecule is COc1cc(-c2cc(F)cc(C(C)C)c2CC(=O)NS(=O)(=O)c2ccccc2)ccn1. The van der Waals surface area contributed by atoms with E-state index in [1.807, 2.05) is 13.8 Å². The second-order valence-corrected chi connectivity index (χ2v) is 8.96. The molecule has 0 spiro atoms. The molecule has 0 unspecified atom stereocenters. The fourth-order valence-electron chi connectivity index (χ4n) is 3.32. The van der Waals surface area contributed by atoms with Crippen molar-refractivity contribution in [3.05, 3.63) is 77.7 Å². The quantitative estimate of drug-likeness (QED) is 0.596. The first kappa shape index (κ1) is 22.4. The Bertz CT molecular complexity index is 1200. The minimum Gasteiger partial charge on any atom is -0.481 e. The maximum Gasteiger partial charge on any atom is 0.264 e. The Kier molecular flexibility index (Phi) is 6.70. The Labute approximate surface area is 181 Å². The summed E-state index contributed by atoms with van der Waals surface area (Å²) in [4.78, 5) is 16.8. The van der Waals surface area contributed by atoms with Crippen molar-refractivity contribution >= 4 is 15.9 Å². The number of aromatic nitrogens is 1. The van der Waals surface area contributed by atoms with Crippen molar-refractivity contribution in [1.82, 2.24) is 9.71 Å². The minimum absolute atomic E-state index is 0.00867. The lowest BCUT2D eigenvalue weighted by molar-refractivity contribution is -0.118. The second kappa shape index (κ2) is 9.26. The Morgan fingerprint density at radius 1 is 1.13 bits per heavy atom. The molecule has 0 aliphatic carbocycles. The fourth-order valence-corrected chi connectivity index (χ4v) is 4.33. The van der Waals surface area contributed by atoms with Crippen LogP contribution < -0.4 is 9.46 Å². The molecule has 1 amide bonds. The van der Waals surface area contributed by atoms with E-state index in [9.17, 15) is 17.6 Å². The van der Waals surface area contributed by atoms with Crippen LogP contribution in [0, 0.1) is 5.82 Å². The molecule has 0 fully saturated rings. The second-order valence-electron chi connectivity index (χ2n) is 7.28. The first-order valence-electron chi connectivity index (χ1n) is 9.64. The largest absolute Gasteiger partial charge is 0.481 e. The predicted octanol–water partition coefficient (Wildman–Crippen LogP) is 4.07. The summed E-state index contributed by atoms with van der Waals surface area (Å²) < 4.78 is 46.7. The number of nitrogens with one attached hydrogen (secondary N) is 1. The minimum atomic E-state index is -4.01. The Morgan fingerprint density at radius 2 is 1.84 bits per heavy atom. The molecule has 6 nitrogen and oxygen atoms in total. The predicted molar refractivity (Wildman–Crippen MR) is 116 cm³/mol. The van der Waals surface area contributed by atoms with Crippen molar-refractivity contribution in [1.29, 1.82) is 0 Å². The van der Waals surface area contributed by atoms with Gasteiger partial charge in [-0.25, -0.2) is 22.5 Å². The summed E-state index contributed by atoms with van der Waals surface area (Å²) in [5.74, 6) is -0.906. The summed E-state index contributed by atoms with van der Waals surface area (Å²) in [5.41, 5.74) is 2.27. The topological polar surface area (TPSA) is 85.4 Å². The van der Waals surface area contributed by atoms with Crippen LogP contribution in [0.2, 0.25) is 0 Å². The third kappa shape index (κ3) is 5.27. The van der Waals surface area contributed by atoms with Gasteiger partial charge in [-0.05, 0) is 58.5 Å². The molecule has 162 valence electrons. The molecular weight excluding hydrogens is 419 g/mol. The van der Waals surface area contributed by atoms with E-state index in [1.54, 1.807) is 30.3 Å². The highest BCUT2D eigenvalue weighted by molar-refractivity contribution is 7.90. The summed E-state index contributed by atoms with van der Waals surface area (Å²) in [7, 11) is -2.54. The first-order chi connectivity index (χ1) is 14.7. The van der Waals surface area contributed by atoms with E-state index in [2.05, 4.69) is 9.71 Å². The molecule has 1 heterocycles. The van der Waals surface area contributed by atoms with Crippen LogP contribution in [0.3, 0.4) is 0 Å². The number of halogens is 1. The smallest absolute Gasteiger partial charge is 0.264 e. The Balaban J connectivity index is 2.02. The van der Waals surface area contributed by atoms with Crippen LogP contribution in [0.5, 0.6) is 5.88 Å². The number of rotatable bonds is 7. The molecule has 0 saturated carbocycles. The van der Waals surface area contributed by atoms with Gasteiger partial charge in [-0.1, -0.05) is 32.0 Å². The number of hydrogen-bond acceptors (Lipinski definition) is 5. The number of hydrogen-bond donors (Lipinski definition) is 1. The van der Waals surface area contributed by atoms with Crippen LogP contribution in [0.15, 0.2) is 65.7 Å². The molecule has 8 heteroatoms. The van der Waals surface area contributed by atoms with Crippen LogP contribution in [0.4, 0.5) is 4.39 Å². The zero-order chi connectivity index (χ0) is 22.6. The van der Waals surface area contributed by atoms with Crippen LogP contribution in [0.25, 0.3) is 11.1 Å². The Hall–Kier alpha value is -3.26. The fraction of sp³-hybridized carbons (Fsp3) is 0.217. The number of ether oxygens (including phenoxy) is 1. The van der Waals surface area contributed by atoms with Crippen molar-refractivity contribution < 1.29 is 22.3 Å². The lowest BCUT2D eigenvalue weighted by Crippen LogP contribution is -2.32. The molecule has 31 heavy (non-hydrogen) atoms. The molecule has 3 rings (SSSR count). The lowest BCUT2D eigenvalue weighted by atomic mass is 9.88. The molecule has 3 aromatic rings. The monoisotopic (exact) mass is 442 g/mol. The number of sulfonamides is 1. The van der Waals surface area contributed by atoms with Crippen molar-refractivity contribution in [2.45, 2.75) is 31.1 Å². The van der Waals surface area contributed by atoms with E-state index < -0.39 is 21.7 Å². The summed E-state index contributed by atoms with van der Waals surface area (Å²) in [6.07, 6.45) is 1.29.